The summed E-state index contributed by atoms with van der Waals surface area (Å²) in [6, 6.07) is 5.33. The van der Waals surface area contributed by atoms with Gasteiger partial charge in [-0.25, -0.2) is 0 Å². The molecule has 0 aliphatic heterocycles. The van der Waals surface area contributed by atoms with E-state index in [2.05, 4.69) is 0 Å². The second-order valence-corrected chi connectivity index (χ2v) is 4.28. The predicted octanol–water partition coefficient (Wildman–Crippen LogP) is 2.55. The summed E-state index contributed by atoms with van der Waals surface area (Å²) in [4.78, 5) is 0. The van der Waals surface area contributed by atoms with Crippen LogP contribution in [0.15, 0.2) is 18.2 Å². The molecule has 0 saturated carbocycles. The van der Waals surface area contributed by atoms with Crippen LogP contribution in [0.4, 0.5) is 0 Å². The minimum Gasteiger partial charge on any atom is -0.396 e. The van der Waals surface area contributed by atoms with E-state index in [1.54, 1.807) is 12.1 Å². The molecule has 2 nitrogen and oxygen atoms in total. The van der Waals surface area contributed by atoms with Crippen molar-refractivity contribution >= 4 is 23.2 Å². The fraction of sp³-hybridized carbons (Fsp3) is 0.400. The Kier molecular flexibility index (Phi) is 3.78. The lowest BCUT2D eigenvalue weighted by molar-refractivity contribution is 0.247. The lowest BCUT2D eigenvalue weighted by Crippen LogP contribution is -2.34. The van der Waals surface area contributed by atoms with Crippen molar-refractivity contribution in [1.29, 1.82) is 0 Å². The molecule has 0 radical (unpaired) electrons. The number of rotatable bonds is 3. The Hall–Kier alpha value is -0.280. The molecule has 0 aliphatic rings. The van der Waals surface area contributed by atoms with Crippen LogP contribution in [0.2, 0.25) is 10.0 Å². The van der Waals surface area contributed by atoms with Crippen molar-refractivity contribution in [2.45, 2.75) is 18.9 Å². The summed E-state index contributed by atoms with van der Waals surface area (Å²) in [6.45, 7) is 1.84. The molecule has 1 aromatic carbocycles. The van der Waals surface area contributed by atoms with E-state index in [4.69, 9.17) is 34.0 Å². The molecule has 78 valence electrons. The Morgan fingerprint density at radius 2 is 2.07 bits per heavy atom. The zero-order valence-electron chi connectivity index (χ0n) is 7.93. The molecule has 1 unspecified atom stereocenters. The molecule has 0 aliphatic carbocycles. The number of nitrogens with two attached hydrogens (primary N) is 1. The second-order valence-electron chi connectivity index (χ2n) is 3.49. The largest absolute Gasteiger partial charge is 0.396 e. The number of halogens is 2. The van der Waals surface area contributed by atoms with E-state index in [1.807, 2.05) is 13.0 Å². The van der Waals surface area contributed by atoms with Crippen molar-refractivity contribution in [3.63, 3.8) is 0 Å². The van der Waals surface area contributed by atoms with Gasteiger partial charge in [0.05, 0.1) is 10.0 Å². The summed E-state index contributed by atoms with van der Waals surface area (Å²) in [7, 11) is 0. The quantitative estimate of drug-likeness (QED) is 0.844. The maximum Gasteiger partial charge on any atom is 0.0642 e. The van der Waals surface area contributed by atoms with Gasteiger partial charge in [0.15, 0.2) is 0 Å². The standard InChI is InChI=1S/C10H13Cl2NO/c1-10(13,5-6-14)7-3-2-4-8(11)9(7)12/h2-4,14H,5-6,13H2,1H3. The molecule has 0 amide bonds. The summed E-state index contributed by atoms with van der Waals surface area (Å²) in [6.07, 6.45) is 0.451. The molecular weight excluding hydrogens is 221 g/mol. The van der Waals surface area contributed by atoms with Crippen LogP contribution < -0.4 is 5.73 Å². The zero-order chi connectivity index (χ0) is 10.8. The van der Waals surface area contributed by atoms with Gasteiger partial charge >= 0.3 is 0 Å². The molecule has 0 bridgehead atoms. The molecule has 0 heterocycles. The van der Waals surface area contributed by atoms with E-state index in [9.17, 15) is 0 Å². The fourth-order valence-corrected chi connectivity index (χ4v) is 1.83. The first-order chi connectivity index (χ1) is 6.49. The highest BCUT2D eigenvalue weighted by molar-refractivity contribution is 6.42. The van der Waals surface area contributed by atoms with E-state index >= 15 is 0 Å². The SMILES string of the molecule is CC(N)(CCO)c1cccc(Cl)c1Cl. The monoisotopic (exact) mass is 233 g/mol. The Balaban J connectivity index is 3.12. The molecule has 1 atom stereocenters. The average Bonchev–Trinajstić information content (AvgIpc) is 2.09. The minimum absolute atomic E-state index is 0.0237. The lowest BCUT2D eigenvalue weighted by atomic mass is 9.90. The Bertz CT molecular complexity index is 326. The zero-order valence-corrected chi connectivity index (χ0v) is 9.44. The second kappa shape index (κ2) is 4.49. The van der Waals surface area contributed by atoms with Crippen LogP contribution in [0.3, 0.4) is 0 Å². The molecule has 0 aromatic heterocycles. The number of hydrogen-bond acceptors (Lipinski definition) is 2. The first-order valence-corrected chi connectivity index (χ1v) is 5.09. The first-order valence-electron chi connectivity index (χ1n) is 4.33. The van der Waals surface area contributed by atoms with Gasteiger partial charge in [0.25, 0.3) is 0 Å². The van der Waals surface area contributed by atoms with Gasteiger partial charge in [0.2, 0.25) is 0 Å². The van der Waals surface area contributed by atoms with Crippen LogP contribution in [0, 0.1) is 0 Å². The van der Waals surface area contributed by atoms with Crippen LogP contribution in [-0.2, 0) is 5.54 Å². The van der Waals surface area contributed by atoms with Crippen LogP contribution in [-0.4, -0.2) is 11.7 Å². The van der Waals surface area contributed by atoms with Gasteiger partial charge < -0.3 is 10.8 Å². The van der Waals surface area contributed by atoms with Crippen molar-refractivity contribution < 1.29 is 5.11 Å². The highest BCUT2D eigenvalue weighted by Crippen LogP contribution is 2.33. The van der Waals surface area contributed by atoms with Gasteiger partial charge in [-0.15, -0.1) is 0 Å². The molecule has 3 N–H and O–H groups in total. The maximum atomic E-state index is 8.87. The maximum absolute atomic E-state index is 8.87. The van der Waals surface area contributed by atoms with Gasteiger partial charge in [-0.2, -0.15) is 0 Å². The number of hydrogen-bond donors (Lipinski definition) is 2. The van der Waals surface area contributed by atoms with Crippen molar-refractivity contribution in [2.24, 2.45) is 5.73 Å². The lowest BCUT2D eigenvalue weighted by Gasteiger charge is -2.25. The Morgan fingerprint density at radius 3 is 2.64 bits per heavy atom. The van der Waals surface area contributed by atoms with Gasteiger partial charge in [-0.1, -0.05) is 35.3 Å². The third-order valence-corrected chi connectivity index (χ3v) is 3.02. The van der Waals surface area contributed by atoms with E-state index in [0.717, 1.165) is 5.56 Å². The van der Waals surface area contributed by atoms with E-state index in [1.165, 1.54) is 0 Å². The smallest absolute Gasteiger partial charge is 0.0642 e. The number of aliphatic hydroxyl groups is 1. The number of aliphatic hydroxyl groups excluding tert-OH is 1. The van der Waals surface area contributed by atoms with Crippen LogP contribution in [0.5, 0.6) is 0 Å². The summed E-state index contributed by atoms with van der Waals surface area (Å²) >= 11 is 11.9. The number of benzene rings is 1. The normalized spacial score (nSPS) is 15.2. The van der Waals surface area contributed by atoms with Crippen molar-refractivity contribution in [3.8, 4) is 0 Å². The molecule has 14 heavy (non-hydrogen) atoms. The van der Waals surface area contributed by atoms with E-state index < -0.39 is 5.54 Å². The predicted molar refractivity (Wildman–Crippen MR) is 59.7 cm³/mol. The molecular formula is C10H13Cl2NO. The van der Waals surface area contributed by atoms with Crippen molar-refractivity contribution in [1.82, 2.24) is 0 Å². The summed E-state index contributed by atoms with van der Waals surface area (Å²) < 4.78 is 0. The first kappa shape index (κ1) is 11.8. The van der Waals surface area contributed by atoms with E-state index in [0.29, 0.717) is 16.5 Å². The van der Waals surface area contributed by atoms with E-state index in [-0.39, 0.29) is 6.61 Å². The summed E-state index contributed by atoms with van der Waals surface area (Å²) in [5.41, 5.74) is 6.14. The summed E-state index contributed by atoms with van der Waals surface area (Å²) in [5.74, 6) is 0. The fourth-order valence-electron chi connectivity index (χ4n) is 1.31. The van der Waals surface area contributed by atoms with Crippen molar-refractivity contribution in [3.05, 3.63) is 33.8 Å². The van der Waals surface area contributed by atoms with Crippen LogP contribution >= 0.6 is 23.2 Å². The Labute approximate surface area is 93.6 Å². The highest BCUT2D eigenvalue weighted by atomic mass is 35.5. The molecule has 0 spiro atoms. The summed E-state index contributed by atoms with van der Waals surface area (Å²) in [5, 5.41) is 9.82. The highest BCUT2D eigenvalue weighted by Gasteiger charge is 2.23. The van der Waals surface area contributed by atoms with Gasteiger partial charge in [-0.3, -0.25) is 0 Å². The van der Waals surface area contributed by atoms with Gasteiger partial charge in [0.1, 0.15) is 0 Å². The molecule has 0 fully saturated rings. The molecule has 1 rings (SSSR count). The molecule has 4 heteroatoms. The van der Waals surface area contributed by atoms with Gasteiger partial charge in [-0.05, 0) is 25.0 Å². The third kappa shape index (κ3) is 2.39. The van der Waals surface area contributed by atoms with Crippen molar-refractivity contribution in [2.75, 3.05) is 6.61 Å². The average molecular weight is 234 g/mol. The van der Waals surface area contributed by atoms with Gasteiger partial charge in [0, 0.05) is 12.1 Å². The van der Waals surface area contributed by atoms with Crippen LogP contribution in [0.25, 0.3) is 0 Å². The minimum atomic E-state index is -0.642. The molecule has 1 aromatic rings. The molecule has 0 saturated heterocycles. The Morgan fingerprint density at radius 1 is 1.43 bits per heavy atom. The third-order valence-electron chi connectivity index (χ3n) is 2.20. The topological polar surface area (TPSA) is 46.2 Å². The van der Waals surface area contributed by atoms with Crippen LogP contribution in [0.1, 0.15) is 18.9 Å².